The van der Waals surface area contributed by atoms with Gasteiger partial charge >= 0.3 is 0 Å². The van der Waals surface area contributed by atoms with Crippen LogP contribution in [0.25, 0.3) is 0 Å². The Balaban J connectivity index is 3.42. The van der Waals surface area contributed by atoms with Crippen molar-refractivity contribution < 1.29 is 9.47 Å². The van der Waals surface area contributed by atoms with E-state index in [1.54, 1.807) is 0 Å². The van der Waals surface area contributed by atoms with E-state index in [-0.39, 0.29) is 6.10 Å². The van der Waals surface area contributed by atoms with E-state index >= 15 is 0 Å². The van der Waals surface area contributed by atoms with Gasteiger partial charge in [-0.2, -0.15) is 0 Å². The van der Waals surface area contributed by atoms with Crippen molar-refractivity contribution in [1.29, 1.82) is 0 Å². The second kappa shape index (κ2) is 23.7. The van der Waals surface area contributed by atoms with Gasteiger partial charge in [-0.25, -0.2) is 0 Å². The van der Waals surface area contributed by atoms with Crippen molar-refractivity contribution in [2.24, 2.45) is 0 Å². The van der Waals surface area contributed by atoms with Crippen LogP contribution in [0.15, 0.2) is 12.7 Å². The fraction of sp³-hybridized carbons (Fsp3) is 0.920. The number of rotatable bonds is 23. The van der Waals surface area contributed by atoms with Crippen molar-refractivity contribution >= 4 is 0 Å². The summed E-state index contributed by atoms with van der Waals surface area (Å²) in [5.41, 5.74) is 0. The smallest absolute Gasteiger partial charge is 0.0842 e. The molecule has 0 aromatic carbocycles. The standard InChI is InChI=1S/C25H50O2/c1-4-7-9-11-13-15-17-19-22-26-24-25(21-6-3)27-23-20-18-16-14-12-10-8-5-2/h6,25H,3-5,7-24H2,1-2H3. The molecule has 0 N–H and O–H groups in total. The van der Waals surface area contributed by atoms with Gasteiger partial charge in [0.15, 0.2) is 0 Å². The average Bonchev–Trinajstić information content (AvgIpc) is 2.68. The molecule has 0 heterocycles. The molecule has 0 radical (unpaired) electrons. The van der Waals surface area contributed by atoms with Crippen molar-refractivity contribution in [1.82, 2.24) is 0 Å². The second-order valence-electron chi connectivity index (χ2n) is 8.04. The Bertz CT molecular complexity index is 277. The molecular formula is C25H50O2. The zero-order chi connectivity index (χ0) is 19.8. The van der Waals surface area contributed by atoms with Gasteiger partial charge in [-0.1, -0.05) is 110 Å². The van der Waals surface area contributed by atoms with Crippen LogP contribution in [0.5, 0.6) is 0 Å². The maximum atomic E-state index is 6.01. The lowest BCUT2D eigenvalue weighted by molar-refractivity contribution is -0.0167. The third-order valence-electron chi connectivity index (χ3n) is 5.23. The highest BCUT2D eigenvalue weighted by Gasteiger charge is 2.07. The molecule has 2 nitrogen and oxygen atoms in total. The Labute approximate surface area is 171 Å². The SMILES string of the molecule is C=CCC(COCCCCCCCCCC)OCCCCCCCCCC. The molecule has 0 aliphatic carbocycles. The zero-order valence-electron chi connectivity index (χ0n) is 18.8. The molecule has 0 aromatic heterocycles. The molecule has 0 aliphatic heterocycles. The van der Waals surface area contributed by atoms with Gasteiger partial charge < -0.3 is 9.47 Å². The Morgan fingerprint density at radius 2 is 1.07 bits per heavy atom. The van der Waals surface area contributed by atoms with Crippen LogP contribution in [-0.2, 0) is 9.47 Å². The van der Waals surface area contributed by atoms with Crippen molar-refractivity contribution in [3.63, 3.8) is 0 Å². The number of hydrogen-bond donors (Lipinski definition) is 0. The van der Waals surface area contributed by atoms with Crippen LogP contribution in [0.1, 0.15) is 123 Å². The highest BCUT2D eigenvalue weighted by atomic mass is 16.5. The van der Waals surface area contributed by atoms with E-state index in [9.17, 15) is 0 Å². The highest BCUT2D eigenvalue weighted by molar-refractivity contribution is 4.73. The molecule has 0 saturated carbocycles. The van der Waals surface area contributed by atoms with Gasteiger partial charge in [-0.15, -0.1) is 6.58 Å². The van der Waals surface area contributed by atoms with Gasteiger partial charge in [-0.05, 0) is 19.3 Å². The summed E-state index contributed by atoms with van der Waals surface area (Å²) in [6.45, 7) is 10.9. The molecule has 0 fully saturated rings. The summed E-state index contributed by atoms with van der Waals surface area (Å²) in [5.74, 6) is 0. The van der Waals surface area contributed by atoms with Crippen LogP contribution in [0, 0.1) is 0 Å². The minimum Gasteiger partial charge on any atom is -0.379 e. The van der Waals surface area contributed by atoms with E-state index in [1.165, 1.54) is 103 Å². The normalized spacial score (nSPS) is 12.4. The molecule has 2 heteroatoms. The average molecular weight is 383 g/mol. The first-order valence-corrected chi connectivity index (χ1v) is 12.1. The Kier molecular flexibility index (Phi) is 23.4. The maximum Gasteiger partial charge on any atom is 0.0842 e. The summed E-state index contributed by atoms with van der Waals surface area (Å²) in [4.78, 5) is 0. The molecule has 1 unspecified atom stereocenters. The van der Waals surface area contributed by atoms with E-state index in [0.717, 1.165) is 26.2 Å². The van der Waals surface area contributed by atoms with Crippen molar-refractivity contribution in [3.8, 4) is 0 Å². The first-order valence-electron chi connectivity index (χ1n) is 12.1. The molecule has 162 valence electrons. The van der Waals surface area contributed by atoms with E-state index in [4.69, 9.17) is 9.47 Å². The third-order valence-corrected chi connectivity index (χ3v) is 5.23. The van der Waals surface area contributed by atoms with Crippen molar-refractivity contribution in [3.05, 3.63) is 12.7 Å². The third kappa shape index (κ3) is 21.8. The zero-order valence-corrected chi connectivity index (χ0v) is 18.8. The van der Waals surface area contributed by atoms with Crippen LogP contribution < -0.4 is 0 Å². The molecule has 0 amide bonds. The van der Waals surface area contributed by atoms with E-state index < -0.39 is 0 Å². The fourth-order valence-corrected chi connectivity index (χ4v) is 3.41. The van der Waals surface area contributed by atoms with Crippen LogP contribution in [0.4, 0.5) is 0 Å². The minimum atomic E-state index is 0.195. The lowest BCUT2D eigenvalue weighted by atomic mass is 10.1. The molecule has 27 heavy (non-hydrogen) atoms. The number of hydrogen-bond acceptors (Lipinski definition) is 2. The predicted octanol–water partition coefficient (Wildman–Crippen LogP) is 8.25. The summed E-state index contributed by atoms with van der Waals surface area (Å²) in [6.07, 6.45) is 24.6. The van der Waals surface area contributed by atoms with Crippen molar-refractivity contribution in [2.75, 3.05) is 19.8 Å². The van der Waals surface area contributed by atoms with Crippen LogP contribution in [0.2, 0.25) is 0 Å². The maximum absolute atomic E-state index is 6.01. The Morgan fingerprint density at radius 1 is 0.630 bits per heavy atom. The van der Waals surface area contributed by atoms with E-state index in [1.807, 2.05) is 6.08 Å². The van der Waals surface area contributed by atoms with Gasteiger partial charge in [-0.3, -0.25) is 0 Å². The van der Waals surface area contributed by atoms with Crippen LogP contribution in [0.3, 0.4) is 0 Å². The topological polar surface area (TPSA) is 18.5 Å². The largest absolute Gasteiger partial charge is 0.379 e. The first-order chi connectivity index (χ1) is 13.3. The van der Waals surface area contributed by atoms with E-state index in [2.05, 4.69) is 20.4 Å². The first kappa shape index (κ1) is 26.7. The lowest BCUT2D eigenvalue weighted by Crippen LogP contribution is -2.20. The van der Waals surface area contributed by atoms with Gasteiger partial charge in [0, 0.05) is 13.2 Å². The van der Waals surface area contributed by atoms with Crippen molar-refractivity contribution in [2.45, 2.75) is 129 Å². The quantitative estimate of drug-likeness (QED) is 0.131. The van der Waals surface area contributed by atoms with E-state index in [0.29, 0.717) is 0 Å². The Morgan fingerprint density at radius 3 is 1.56 bits per heavy atom. The lowest BCUT2D eigenvalue weighted by Gasteiger charge is -2.16. The number of unbranched alkanes of at least 4 members (excludes halogenated alkanes) is 14. The fourth-order valence-electron chi connectivity index (χ4n) is 3.41. The van der Waals surface area contributed by atoms with Gasteiger partial charge in [0.25, 0.3) is 0 Å². The summed E-state index contributed by atoms with van der Waals surface area (Å²) >= 11 is 0. The molecule has 0 rings (SSSR count). The minimum absolute atomic E-state index is 0.195. The Hall–Kier alpha value is -0.340. The van der Waals surface area contributed by atoms with Gasteiger partial charge in [0.2, 0.25) is 0 Å². The highest BCUT2D eigenvalue weighted by Crippen LogP contribution is 2.11. The summed E-state index contributed by atoms with van der Waals surface area (Å²) in [6, 6.07) is 0. The summed E-state index contributed by atoms with van der Waals surface area (Å²) in [7, 11) is 0. The number of ether oxygens (including phenoxy) is 2. The predicted molar refractivity (Wildman–Crippen MR) is 121 cm³/mol. The summed E-state index contributed by atoms with van der Waals surface area (Å²) in [5, 5.41) is 0. The molecule has 0 bridgehead atoms. The summed E-state index contributed by atoms with van der Waals surface area (Å²) < 4.78 is 11.9. The van der Waals surface area contributed by atoms with Crippen LogP contribution >= 0.6 is 0 Å². The molecule has 0 aliphatic rings. The molecule has 0 aromatic rings. The second-order valence-corrected chi connectivity index (χ2v) is 8.04. The molecule has 0 spiro atoms. The molecular weight excluding hydrogens is 332 g/mol. The molecule has 1 atom stereocenters. The molecule has 0 saturated heterocycles. The van der Waals surface area contributed by atoms with Gasteiger partial charge in [0.1, 0.15) is 0 Å². The van der Waals surface area contributed by atoms with Gasteiger partial charge in [0.05, 0.1) is 12.7 Å². The monoisotopic (exact) mass is 382 g/mol. The van der Waals surface area contributed by atoms with Crippen LogP contribution in [-0.4, -0.2) is 25.9 Å².